The zero-order valence-corrected chi connectivity index (χ0v) is 16.9. The molecule has 2 aromatic rings. The first-order valence-corrected chi connectivity index (χ1v) is 13.6. The number of benzene rings is 2. The summed E-state index contributed by atoms with van der Waals surface area (Å²) in [5.74, 6) is 0.707. The molecule has 0 aliphatic carbocycles. The van der Waals surface area contributed by atoms with E-state index in [0.29, 0.717) is 5.92 Å². The Morgan fingerprint density at radius 1 is 0.720 bits per heavy atom. The smallest absolute Gasteiger partial charge is 0.174 e. The van der Waals surface area contributed by atoms with Crippen LogP contribution in [0.5, 0.6) is 0 Å². The first-order chi connectivity index (χ1) is 12.0. The first kappa shape index (κ1) is 19.0. The van der Waals surface area contributed by atoms with Crippen molar-refractivity contribution in [3.05, 3.63) is 60.7 Å². The fraction of sp³-hybridized carbons (Fsp3) is 0.429. The van der Waals surface area contributed by atoms with Crippen molar-refractivity contribution in [3.8, 4) is 0 Å². The monoisotopic (exact) mass is 376 g/mol. The molecule has 25 heavy (non-hydrogen) atoms. The predicted octanol–water partition coefficient (Wildman–Crippen LogP) is 4.31. The molecule has 0 aromatic heterocycles. The van der Waals surface area contributed by atoms with Gasteiger partial charge in [0.1, 0.15) is 10.6 Å². The van der Waals surface area contributed by atoms with Crippen molar-refractivity contribution >= 4 is 25.6 Å². The number of rotatable bonds is 2. The molecule has 2 saturated heterocycles. The van der Waals surface area contributed by atoms with Gasteiger partial charge in [0.15, 0.2) is 15.0 Å². The fourth-order valence-electron chi connectivity index (χ4n) is 3.89. The standard InChI is InChI=1S/C11H16OP.C10H14OP/c1-10-7-8-13(12,9-10)11-5-3-2-4-6-11;11-12(8-4-5-9-12)10-6-2-1-3-7-10/h2-6,10,12H,7-9H2,1H3;1-3,6-7,11H,4-5,8-9H2/q2*+1. The van der Waals surface area contributed by atoms with Crippen molar-refractivity contribution < 1.29 is 9.79 Å². The summed E-state index contributed by atoms with van der Waals surface area (Å²) in [6.45, 7) is 2.24. The molecular formula is C21H30O2P2+2. The zero-order valence-electron chi connectivity index (χ0n) is 15.1. The normalized spacial score (nSPS) is 27.6. The van der Waals surface area contributed by atoms with Gasteiger partial charge in [0.2, 0.25) is 0 Å². The summed E-state index contributed by atoms with van der Waals surface area (Å²) in [5, 5.41) is 2.39. The highest BCUT2D eigenvalue weighted by Crippen LogP contribution is 2.60. The van der Waals surface area contributed by atoms with Gasteiger partial charge in [-0.25, -0.2) is 9.79 Å². The molecule has 2 N–H and O–H groups in total. The molecule has 0 spiro atoms. The van der Waals surface area contributed by atoms with Crippen molar-refractivity contribution in [3.63, 3.8) is 0 Å². The molecule has 0 saturated carbocycles. The maximum atomic E-state index is 10.4. The lowest BCUT2D eigenvalue weighted by molar-refractivity contribution is 0.612. The largest absolute Gasteiger partial charge is 0.246 e. The molecule has 2 fully saturated rings. The van der Waals surface area contributed by atoms with Crippen LogP contribution in [-0.4, -0.2) is 34.4 Å². The van der Waals surface area contributed by atoms with E-state index in [1.165, 1.54) is 29.9 Å². The molecule has 0 amide bonds. The van der Waals surface area contributed by atoms with Crippen LogP contribution < -0.4 is 10.6 Å². The van der Waals surface area contributed by atoms with Gasteiger partial charge in [-0.3, -0.25) is 0 Å². The highest BCUT2D eigenvalue weighted by Gasteiger charge is 2.45. The third-order valence-corrected chi connectivity index (χ3v) is 12.2. The predicted molar refractivity (Wildman–Crippen MR) is 113 cm³/mol. The minimum Gasteiger partial charge on any atom is -0.246 e. The van der Waals surface area contributed by atoms with E-state index in [4.69, 9.17) is 0 Å². The van der Waals surface area contributed by atoms with Crippen LogP contribution in [0.15, 0.2) is 60.7 Å². The van der Waals surface area contributed by atoms with Gasteiger partial charge in [-0.05, 0) is 49.4 Å². The van der Waals surface area contributed by atoms with E-state index < -0.39 is 15.0 Å². The van der Waals surface area contributed by atoms with Crippen LogP contribution in [0.1, 0.15) is 26.2 Å². The van der Waals surface area contributed by atoms with Gasteiger partial charge in [-0.15, -0.1) is 0 Å². The molecule has 4 rings (SSSR count). The maximum absolute atomic E-state index is 10.4. The van der Waals surface area contributed by atoms with E-state index in [1.54, 1.807) is 0 Å². The Balaban J connectivity index is 0.000000146. The van der Waals surface area contributed by atoms with Crippen molar-refractivity contribution in [2.75, 3.05) is 24.6 Å². The first-order valence-electron chi connectivity index (χ1n) is 9.33. The van der Waals surface area contributed by atoms with E-state index in [2.05, 4.69) is 31.2 Å². The average molecular weight is 376 g/mol. The van der Waals surface area contributed by atoms with E-state index in [-0.39, 0.29) is 0 Å². The molecule has 2 unspecified atom stereocenters. The van der Waals surface area contributed by atoms with Gasteiger partial charge < -0.3 is 0 Å². The minimum atomic E-state index is -1.73. The summed E-state index contributed by atoms with van der Waals surface area (Å²) in [4.78, 5) is 20.7. The Labute approximate surface area is 153 Å². The lowest BCUT2D eigenvalue weighted by Crippen LogP contribution is -2.12. The molecule has 0 radical (unpaired) electrons. The van der Waals surface area contributed by atoms with Crippen LogP contribution in [0.25, 0.3) is 0 Å². The van der Waals surface area contributed by atoms with Gasteiger partial charge in [0.05, 0.1) is 24.6 Å². The van der Waals surface area contributed by atoms with Gasteiger partial charge in [-0.2, -0.15) is 0 Å². The van der Waals surface area contributed by atoms with Crippen LogP contribution in [0.3, 0.4) is 0 Å². The van der Waals surface area contributed by atoms with E-state index in [9.17, 15) is 9.79 Å². The van der Waals surface area contributed by atoms with Gasteiger partial charge in [0.25, 0.3) is 0 Å². The number of hydrogen-bond acceptors (Lipinski definition) is 2. The SMILES string of the molecule is CC1CC[P+](O)(c2ccccc2)C1.O[P+]1(c2ccccc2)CCCC1. The Bertz CT molecular complexity index is 656. The second-order valence-electron chi connectivity index (χ2n) is 7.47. The Kier molecular flexibility index (Phi) is 6.29. The lowest BCUT2D eigenvalue weighted by atomic mass is 10.2. The van der Waals surface area contributed by atoms with E-state index in [0.717, 1.165) is 24.6 Å². The number of hydrogen-bond donors (Lipinski definition) is 2. The van der Waals surface area contributed by atoms with Gasteiger partial charge in [0, 0.05) is 0 Å². The summed E-state index contributed by atoms with van der Waals surface area (Å²) in [7, 11) is -3.40. The summed E-state index contributed by atoms with van der Waals surface area (Å²) < 4.78 is 0. The van der Waals surface area contributed by atoms with Crippen LogP contribution in [-0.2, 0) is 0 Å². The molecule has 4 heteroatoms. The molecule has 2 nitrogen and oxygen atoms in total. The van der Waals surface area contributed by atoms with Crippen LogP contribution >= 0.6 is 15.0 Å². The van der Waals surface area contributed by atoms with Crippen molar-refractivity contribution in [1.29, 1.82) is 0 Å². The quantitative estimate of drug-likeness (QED) is 0.767. The lowest BCUT2D eigenvalue weighted by Gasteiger charge is -2.13. The van der Waals surface area contributed by atoms with Crippen LogP contribution in [0.2, 0.25) is 0 Å². The Hall–Kier alpha value is -0.780. The maximum Gasteiger partial charge on any atom is 0.174 e. The second kappa shape index (κ2) is 8.28. The van der Waals surface area contributed by atoms with Crippen LogP contribution in [0.4, 0.5) is 0 Å². The average Bonchev–Trinajstić information content (AvgIpc) is 3.24. The minimum absolute atomic E-state index is 0.707. The molecule has 2 aliphatic rings. The molecule has 2 aliphatic heterocycles. The molecule has 2 heterocycles. The van der Waals surface area contributed by atoms with Crippen molar-refractivity contribution in [1.82, 2.24) is 0 Å². The Morgan fingerprint density at radius 3 is 1.64 bits per heavy atom. The fourth-order valence-corrected chi connectivity index (χ4v) is 10.3. The highest BCUT2D eigenvalue weighted by molar-refractivity contribution is 7.78. The van der Waals surface area contributed by atoms with Crippen molar-refractivity contribution in [2.45, 2.75) is 26.2 Å². The van der Waals surface area contributed by atoms with E-state index in [1.807, 2.05) is 36.4 Å². The summed E-state index contributed by atoms with van der Waals surface area (Å²) in [6.07, 6.45) is 7.74. The molecule has 0 bridgehead atoms. The molecule has 2 aromatic carbocycles. The molecule has 2 atom stereocenters. The van der Waals surface area contributed by atoms with Crippen molar-refractivity contribution in [2.24, 2.45) is 5.92 Å². The van der Waals surface area contributed by atoms with Crippen LogP contribution in [0, 0.1) is 5.92 Å². The van der Waals surface area contributed by atoms with Gasteiger partial charge in [-0.1, -0.05) is 43.3 Å². The summed E-state index contributed by atoms with van der Waals surface area (Å²) in [6, 6.07) is 20.4. The molecule has 134 valence electrons. The Morgan fingerprint density at radius 2 is 1.20 bits per heavy atom. The third-order valence-electron chi connectivity index (χ3n) is 5.39. The summed E-state index contributed by atoms with van der Waals surface area (Å²) >= 11 is 0. The van der Waals surface area contributed by atoms with Gasteiger partial charge >= 0.3 is 0 Å². The highest BCUT2D eigenvalue weighted by atomic mass is 31.2. The zero-order chi connectivity index (χ0) is 17.8. The molecular weight excluding hydrogens is 346 g/mol. The second-order valence-corrected chi connectivity index (χ2v) is 13.9. The third kappa shape index (κ3) is 4.69. The van der Waals surface area contributed by atoms with E-state index >= 15 is 0 Å². The topological polar surface area (TPSA) is 40.5 Å². The summed E-state index contributed by atoms with van der Waals surface area (Å²) in [5.41, 5.74) is 0.